The van der Waals surface area contributed by atoms with Crippen molar-refractivity contribution in [2.24, 2.45) is 0 Å². The van der Waals surface area contributed by atoms with Gasteiger partial charge in [-0.05, 0) is 19.0 Å². The Balaban J connectivity index is 1.91. The molecule has 5 heteroatoms. The summed E-state index contributed by atoms with van der Waals surface area (Å²) in [6, 6.07) is 8.03. The molecule has 3 heterocycles. The number of nitrogens with zero attached hydrogens (tertiary/aromatic N) is 1. The lowest BCUT2D eigenvalue weighted by Crippen LogP contribution is -2.19. The van der Waals surface area contributed by atoms with Crippen LogP contribution in [0.2, 0.25) is 0 Å². The molecule has 1 aromatic carbocycles. The van der Waals surface area contributed by atoms with Crippen LogP contribution < -0.4 is 10.9 Å². The average Bonchev–Trinajstić information content (AvgIpc) is 2.78. The molecular formula is C16H16N4O. The largest absolute Gasteiger partial charge is 0.360 e. The van der Waals surface area contributed by atoms with Crippen molar-refractivity contribution in [2.45, 2.75) is 12.8 Å². The maximum absolute atomic E-state index is 12.3. The van der Waals surface area contributed by atoms with Crippen LogP contribution in [-0.4, -0.2) is 28.0 Å². The summed E-state index contributed by atoms with van der Waals surface area (Å²) in [4.78, 5) is 23.2. The molecule has 3 N–H and O–H groups in total. The van der Waals surface area contributed by atoms with Gasteiger partial charge in [-0.1, -0.05) is 18.2 Å². The van der Waals surface area contributed by atoms with Gasteiger partial charge in [-0.15, -0.1) is 0 Å². The fraction of sp³-hybridized carbons (Fsp3) is 0.250. The lowest BCUT2D eigenvalue weighted by molar-refractivity contribution is 0.708. The van der Waals surface area contributed by atoms with E-state index in [1.165, 1.54) is 0 Å². The lowest BCUT2D eigenvalue weighted by Gasteiger charge is -2.06. The van der Waals surface area contributed by atoms with Crippen LogP contribution in [-0.2, 0) is 12.8 Å². The van der Waals surface area contributed by atoms with E-state index in [1.807, 2.05) is 30.5 Å². The van der Waals surface area contributed by atoms with Crippen LogP contribution in [0.1, 0.15) is 11.3 Å². The first-order valence-electron chi connectivity index (χ1n) is 7.22. The Kier molecular flexibility index (Phi) is 2.86. The molecule has 5 nitrogen and oxygen atoms in total. The molecule has 0 saturated carbocycles. The van der Waals surface area contributed by atoms with E-state index in [0.29, 0.717) is 5.82 Å². The average molecular weight is 280 g/mol. The van der Waals surface area contributed by atoms with Crippen molar-refractivity contribution in [3.8, 4) is 11.4 Å². The fourth-order valence-electron chi connectivity index (χ4n) is 2.95. The lowest BCUT2D eigenvalue weighted by atomic mass is 10.1. The second-order valence-corrected chi connectivity index (χ2v) is 5.34. The third kappa shape index (κ3) is 2.06. The molecule has 0 atom stereocenters. The van der Waals surface area contributed by atoms with Gasteiger partial charge in [-0.2, -0.15) is 0 Å². The third-order valence-corrected chi connectivity index (χ3v) is 4.04. The SMILES string of the molecule is O=c1[nH]c(-c2c[nH]c3ccccc23)nc2c1CCNCC2. The number of fused-ring (bicyclic) bond motifs is 2. The summed E-state index contributed by atoms with van der Waals surface area (Å²) in [5.74, 6) is 0.651. The molecule has 0 bridgehead atoms. The summed E-state index contributed by atoms with van der Waals surface area (Å²) in [7, 11) is 0. The quantitative estimate of drug-likeness (QED) is 0.634. The van der Waals surface area contributed by atoms with Gasteiger partial charge in [0, 0.05) is 41.2 Å². The molecule has 0 fully saturated rings. The minimum Gasteiger partial charge on any atom is -0.360 e. The Bertz CT molecular complexity index is 862. The number of H-pyrrole nitrogens is 2. The first-order valence-corrected chi connectivity index (χ1v) is 7.22. The standard InChI is InChI=1S/C16H16N4O/c21-16-11-5-7-17-8-6-14(11)19-15(20-16)12-9-18-13-4-2-1-3-10(12)13/h1-4,9,17-18H,5-8H2,(H,19,20,21). The molecule has 4 rings (SSSR count). The van der Waals surface area contributed by atoms with Crippen molar-refractivity contribution in [1.29, 1.82) is 0 Å². The van der Waals surface area contributed by atoms with E-state index < -0.39 is 0 Å². The molecule has 1 aliphatic rings. The molecule has 3 aromatic rings. The number of hydrogen-bond acceptors (Lipinski definition) is 3. The zero-order chi connectivity index (χ0) is 14.2. The van der Waals surface area contributed by atoms with Gasteiger partial charge in [0.15, 0.2) is 0 Å². The van der Waals surface area contributed by atoms with Crippen molar-refractivity contribution in [2.75, 3.05) is 13.1 Å². The monoisotopic (exact) mass is 280 g/mol. The maximum Gasteiger partial charge on any atom is 0.254 e. The second kappa shape index (κ2) is 4.86. The van der Waals surface area contributed by atoms with Gasteiger partial charge < -0.3 is 15.3 Å². The summed E-state index contributed by atoms with van der Waals surface area (Å²) >= 11 is 0. The van der Waals surface area contributed by atoms with Crippen LogP contribution in [0, 0.1) is 0 Å². The van der Waals surface area contributed by atoms with Crippen LogP contribution >= 0.6 is 0 Å². The van der Waals surface area contributed by atoms with Crippen molar-refractivity contribution >= 4 is 10.9 Å². The topological polar surface area (TPSA) is 73.6 Å². The van der Waals surface area contributed by atoms with Crippen LogP contribution in [0.5, 0.6) is 0 Å². The predicted molar refractivity (Wildman–Crippen MR) is 82.4 cm³/mol. The highest BCUT2D eigenvalue weighted by molar-refractivity contribution is 5.93. The van der Waals surface area contributed by atoms with Crippen LogP contribution in [0.25, 0.3) is 22.3 Å². The molecule has 1 aliphatic heterocycles. The fourth-order valence-corrected chi connectivity index (χ4v) is 2.95. The molecule has 0 amide bonds. The van der Waals surface area contributed by atoms with Crippen molar-refractivity contribution in [3.63, 3.8) is 0 Å². The number of rotatable bonds is 1. The number of aromatic amines is 2. The van der Waals surface area contributed by atoms with E-state index in [2.05, 4.69) is 15.3 Å². The van der Waals surface area contributed by atoms with Crippen LogP contribution in [0.15, 0.2) is 35.3 Å². The Labute approximate surface area is 121 Å². The number of benzene rings is 1. The zero-order valence-electron chi connectivity index (χ0n) is 11.6. The van der Waals surface area contributed by atoms with Gasteiger partial charge in [-0.25, -0.2) is 4.98 Å². The Morgan fingerprint density at radius 1 is 1.10 bits per heavy atom. The maximum atomic E-state index is 12.3. The Hall–Kier alpha value is -2.40. The highest BCUT2D eigenvalue weighted by Crippen LogP contribution is 2.25. The summed E-state index contributed by atoms with van der Waals surface area (Å²) in [6.45, 7) is 1.71. The molecule has 106 valence electrons. The van der Waals surface area contributed by atoms with Crippen LogP contribution in [0.3, 0.4) is 0 Å². The summed E-state index contributed by atoms with van der Waals surface area (Å²) in [5, 5.41) is 4.38. The molecular weight excluding hydrogens is 264 g/mol. The van der Waals surface area contributed by atoms with Gasteiger partial charge >= 0.3 is 0 Å². The molecule has 2 aromatic heterocycles. The summed E-state index contributed by atoms with van der Waals surface area (Å²) < 4.78 is 0. The highest BCUT2D eigenvalue weighted by atomic mass is 16.1. The number of para-hydroxylation sites is 1. The van der Waals surface area contributed by atoms with Gasteiger partial charge in [-0.3, -0.25) is 4.79 Å². The molecule has 0 spiro atoms. The van der Waals surface area contributed by atoms with Crippen molar-refractivity contribution in [3.05, 3.63) is 52.1 Å². The minimum absolute atomic E-state index is 0.0102. The van der Waals surface area contributed by atoms with Gasteiger partial charge in [0.2, 0.25) is 0 Å². The first kappa shape index (κ1) is 12.3. The molecule has 0 radical (unpaired) electrons. The zero-order valence-corrected chi connectivity index (χ0v) is 11.6. The highest BCUT2D eigenvalue weighted by Gasteiger charge is 2.16. The van der Waals surface area contributed by atoms with E-state index in [9.17, 15) is 4.79 Å². The predicted octanol–water partition coefficient (Wildman–Crippen LogP) is 1.61. The van der Waals surface area contributed by atoms with E-state index in [4.69, 9.17) is 4.98 Å². The van der Waals surface area contributed by atoms with E-state index in [1.54, 1.807) is 0 Å². The molecule has 0 saturated heterocycles. The Morgan fingerprint density at radius 2 is 1.95 bits per heavy atom. The van der Waals surface area contributed by atoms with E-state index >= 15 is 0 Å². The molecule has 21 heavy (non-hydrogen) atoms. The summed E-state index contributed by atoms with van der Waals surface area (Å²) in [5.41, 5.74) is 3.73. The number of hydrogen-bond donors (Lipinski definition) is 3. The van der Waals surface area contributed by atoms with Gasteiger partial charge in [0.1, 0.15) is 5.82 Å². The minimum atomic E-state index is -0.0102. The Morgan fingerprint density at radius 3 is 2.90 bits per heavy atom. The first-order chi connectivity index (χ1) is 10.3. The molecule has 0 aliphatic carbocycles. The third-order valence-electron chi connectivity index (χ3n) is 4.04. The van der Waals surface area contributed by atoms with Crippen molar-refractivity contribution in [1.82, 2.24) is 20.3 Å². The van der Waals surface area contributed by atoms with Gasteiger partial charge in [0.05, 0.1) is 5.69 Å². The normalized spacial score (nSPS) is 14.9. The summed E-state index contributed by atoms with van der Waals surface area (Å²) in [6.07, 6.45) is 3.45. The van der Waals surface area contributed by atoms with E-state index in [0.717, 1.165) is 53.7 Å². The smallest absolute Gasteiger partial charge is 0.254 e. The second-order valence-electron chi connectivity index (χ2n) is 5.34. The molecule has 0 unspecified atom stereocenters. The number of nitrogens with one attached hydrogen (secondary N) is 3. The van der Waals surface area contributed by atoms with Crippen molar-refractivity contribution < 1.29 is 0 Å². The van der Waals surface area contributed by atoms with Crippen LogP contribution in [0.4, 0.5) is 0 Å². The van der Waals surface area contributed by atoms with Gasteiger partial charge in [0.25, 0.3) is 5.56 Å². The van der Waals surface area contributed by atoms with E-state index in [-0.39, 0.29) is 5.56 Å². The number of aromatic nitrogens is 3.